The standard InChI is InChI=1S/C22H26N2O4S/c1-17-21(18-6-3-2-4-7-18)10-11-24(17)22(25)19-8-5-9-20(16-19)29(26,27)23-12-14-28-15-13-23/h2-9,16-17,21H,10-15H2,1H3/t17-,21+/m1/s1. The number of sulfonamides is 1. The van der Waals surface area contributed by atoms with Crippen molar-refractivity contribution in [3.05, 3.63) is 65.7 Å². The fourth-order valence-corrected chi connectivity index (χ4v) is 5.72. The molecule has 154 valence electrons. The van der Waals surface area contributed by atoms with Crippen LogP contribution in [0.2, 0.25) is 0 Å². The van der Waals surface area contributed by atoms with E-state index in [2.05, 4.69) is 19.1 Å². The van der Waals surface area contributed by atoms with Crippen LogP contribution in [-0.4, -0.2) is 62.4 Å². The molecular weight excluding hydrogens is 388 g/mol. The zero-order chi connectivity index (χ0) is 20.4. The van der Waals surface area contributed by atoms with Gasteiger partial charge in [0.15, 0.2) is 0 Å². The summed E-state index contributed by atoms with van der Waals surface area (Å²) in [4.78, 5) is 15.2. The number of hydrogen-bond acceptors (Lipinski definition) is 4. The first-order valence-electron chi connectivity index (χ1n) is 10.0. The van der Waals surface area contributed by atoms with Crippen LogP contribution in [0.1, 0.15) is 35.2 Å². The van der Waals surface area contributed by atoms with Crippen LogP contribution in [0, 0.1) is 0 Å². The van der Waals surface area contributed by atoms with Crippen molar-refractivity contribution < 1.29 is 17.9 Å². The predicted molar refractivity (Wildman–Crippen MR) is 110 cm³/mol. The van der Waals surface area contributed by atoms with Crippen molar-refractivity contribution in [3.8, 4) is 0 Å². The molecule has 0 spiro atoms. The number of likely N-dealkylation sites (tertiary alicyclic amines) is 1. The second-order valence-electron chi connectivity index (χ2n) is 7.59. The summed E-state index contributed by atoms with van der Waals surface area (Å²) >= 11 is 0. The van der Waals surface area contributed by atoms with Crippen LogP contribution in [0.3, 0.4) is 0 Å². The maximum atomic E-state index is 13.2. The molecule has 1 amide bonds. The molecule has 2 aliphatic rings. The van der Waals surface area contributed by atoms with E-state index in [1.807, 2.05) is 23.1 Å². The van der Waals surface area contributed by atoms with Gasteiger partial charge in [0.2, 0.25) is 10.0 Å². The molecule has 2 aromatic carbocycles. The van der Waals surface area contributed by atoms with Crippen molar-refractivity contribution in [2.75, 3.05) is 32.8 Å². The van der Waals surface area contributed by atoms with Gasteiger partial charge in [0.1, 0.15) is 0 Å². The summed E-state index contributed by atoms with van der Waals surface area (Å²) < 4.78 is 32.5. The maximum Gasteiger partial charge on any atom is 0.254 e. The van der Waals surface area contributed by atoms with E-state index in [4.69, 9.17) is 4.74 Å². The smallest absolute Gasteiger partial charge is 0.254 e. The minimum absolute atomic E-state index is 0.0596. The van der Waals surface area contributed by atoms with Crippen LogP contribution >= 0.6 is 0 Å². The molecule has 0 saturated carbocycles. The van der Waals surface area contributed by atoms with Gasteiger partial charge in [-0.3, -0.25) is 4.79 Å². The Morgan fingerprint density at radius 3 is 2.45 bits per heavy atom. The number of amides is 1. The Morgan fingerprint density at radius 1 is 1.00 bits per heavy atom. The molecule has 2 aliphatic heterocycles. The van der Waals surface area contributed by atoms with E-state index in [-0.39, 0.29) is 16.8 Å². The Morgan fingerprint density at radius 2 is 1.72 bits per heavy atom. The van der Waals surface area contributed by atoms with Crippen LogP contribution in [0.15, 0.2) is 59.5 Å². The Labute approximate surface area is 172 Å². The van der Waals surface area contributed by atoms with Crippen LogP contribution in [-0.2, 0) is 14.8 Å². The van der Waals surface area contributed by atoms with Crippen LogP contribution in [0.5, 0.6) is 0 Å². The van der Waals surface area contributed by atoms with Crippen molar-refractivity contribution in [3.63, 3.8) is 0 Å². The Kier molecular flexibility index (Phi) is 5.72. The highest BCUT2D eigenvalue weighted by molar-refractivity contribution is 7.89. The lowest BCUT2D eigenvalue weighted by molar-refractivity contribution is 0.0728. The fraction of sp³-hybridized carbons (Fsp3) is 0.409. The summed E-state index contributed by atoms with van der Waals surface area (Å²) in [6.45, 7) is 4.19. The van der Waals surface area contributed by atoms with Gasteiger partial charge < -0.3 is 9.64 Å². The fourth-order valence-electron chi connectivity index (χ4n) is 4.26. The van der Waals surface area contributed by atoms with E-state index in [1.165, 1.54) is 15.9 Å². The highest BCUT2D eigenvalue weighted by atomic mass is 32.2. The van der Waals surface area contributed by atoms with Crippen molar-refractivity contribution in [1.82, 2.24) is 9.21 Å². The second kappa shape index (κ2) is 8.26. The van der Waals surface area contributed by atoms with Gasteiger partial charge in [-0.25, -0.2) is 8.42 Å². The number of nitrogens with zero attached hydrogens (tertiary/aromatic N) is 2. The average molecular weight is 415 g/mol. The van der Waals surface area contributed by atoms with E-state index in [9.17, 15) is 13.2 Å². The molecule has 0 radical (unpaired) electrons. The lowest BCUT2D eigenvalue weighted by atomic mass is 9.93. The quantitative estimate of drug-likeness (QED) is 0.772. The first-order valence-corrected chi connectivity index (χ1v) is 11.5. The molecule has 4 rings (SSSR count). The normalized spacial score (nSPS) is 23.3. The van der Waals surface area contributed by atoms with Gasteiger partial charge in [-0.05, 0) is 37.1 Å². The van der Waals surface area contributed by atoms with Crippen molar-refractivity contribution in [1.29, 1.82) is 0 Å². The summed E-state index contributed by atoms with van der Waals surface area (Å²) in [5, 5.41) is 0. The number of morpholine rings is 1. The number of rotatable bonds is 4. The van der Waals surface area contributed by atoms with Crippen molar-refractivity contribution in [2.45, 2.75) is 30.2 Å². The van der Waals surface area contributed by atoms with E-state index < -0.39 is 10.0 Å². The third-order valence-electron chi connectivity index (χ3n) is 5.93. The molecule has 2 atom stereocenters. The van der Waals surface area contributed by atoms with E-state index >= 15 is 0 Å². The van der Waals surface area contributed by atoms with Crippen molar-refractivity contribution in [2.24, 2.45) is 0 Å². The van der Waals surface area contributed by atoms with Crippen LogP contribution in [0.4, 0.5) is 0 Å². The lowest BCUT2D eigenvalue weighted by Gasteiger charge is -2.27. The molecule has 0 unspecified atom stereocenters. The number of benzene rings is 2. The Hall–Kier alpha value is -2.22. The number of hydrogen-bond donors (Lipinski definition) is 0. The zero-order valence-electron chi connectivity index (χ0n) is 16.5. The van der Waals surface area contributed by atoms with Gasteiger partial charge in [-0.2, -0.15) is 4.31 Å². The van der Waals surface area contributed by atoms with E-state index in [0.29, 0.717) is 44.3 Å². The maximum absolute atomic E-state index is 13.2. The molecular formula is C22H26N2O4S. The van der Waals surface area contributed by atoms with Gasteiger partial charge in [0, 0.05) is 37.2 Å². The topological polar surface area (TPSA) is 66.9 Å². The largest absolute Gasteiger partial charge is 0.379 e. The predicted octanol–water partition coefficient (Wildman–Crippen LogP) is 2.73. The minimum Gasteiger partial charge on any atom is -0.379 e. The first-order chi connectivity index (χ1) is 14.0. The van der Waals surface area contributed by atoms with Crippen LogP contribution in [0.25, 0.3) is 0 Å². The summed E-state index contributed by atoms with van der Waals surface area (Å²) in [7, 11) is -3.63. The van der Waals surface area contributed by atoms with Gasteiger partial charge in [0.25, 0.3) is 5.91 Å². The summed E-state index contributed by atoms with van der Waals surface area (Å²) in [6, 6.07) is 16.7. The minimum atomic E-state index is -3.63. The number of carbonyl (C=O) groups excluding carboxylic acids is 1. The monoisotopic (exact) mass is 414 g/mol. The molecule has 0 aliphatic carbocycles. The SMILES string of the molecule is C[C@@H]1[C@@H](c2ccccc2)CCN1C(=O)c1cccc(S(=O)(=O)N2CCOCC2)c1. The van der Waals surface area contributed by atoms with Gasteiger partial charge >= 0.3 is 0 Å². The third-order valence-corrected chi connectivity index (χ3v) is 7.83. The average Bonchev–Trinajstić information content (AvgIpc) is 3.16. The van der Waals surface area contributed by atoms with Gasteiger partial charge in [-0.1, -0.05) is 36.4 Å². The molecule has 7 heteroatoms. The van der Waals surface area contributed by atoms with Crippen molar-refractivity contribution >= 4 is 15.9 Å². The number of ether oxygens (including phenoxy) is 1. The molecule has 2 heterocycles. The van der Waals surface area contributed by atoms with Gasteiger partial charge in [0.05, 0.1) is 18.1 Å². The summed E-state index contributed by atoms with van der Waals surface area (Å²) in [5.41, 5.74) is 1.65. The molecule has 0 N–H and O–H groups in total. The number of carbonyl (C=O) groups is 1. The summed E-state index contributed by atoms with van der Waals surface area (Å²) in [6.07, 6.45) is 0.905. The molecule has 6 nitrogen and oxygen atoms in total. The molecule has 2 saturated heterocycles. The highest BCUT2D eigenvalue weighted by Gasteiger charge is 2.35. The molecule has 2 fully saturated rings. The molecule has 0 bridgehead atoms. The second-order valence-corrected chi connectivity index (χ2v) is 9.53. The van der Waals surface area contributed by atoms with Gasteiger partial charge in [-0.15, -0.1) is 0 Å². The highest BCUT2D eigenvalue weighted by Crippen LogP contribution is 2.34. The zero-order valence-corrected chi connectivity index (χ0v) is 17.3. The molecule has 2 aromatic rings. The molecule has 0 aromatic heterocycles. The van der Waals surface area contributed by atoms with E-state index in [0.717, 1.165) is 6.42 Å². The van der Waals surface area contributed by atoms with E-state index in [1.54, 1.807) is 18.2 Å². The molecule has 29 heavy (non-hydrogen) atoms. The third kappa shape index (κ3) is 3.95. The Balaban J connectivity index is 1.55. The summed E-state index contributed by atoms with van der Waals surface area (Å²) in [5.74, 6) is 0.176. The van der Waals surface area contributed by atoms with Crippen LogP contribution < -0.4 is 0 Å². The Bertz CT molecular complexity index is 971. The lowest BCUT2D eigenvalue weighted by Crippen LogP contribution is -2.40. The first kappa shape index (κ1) is 20.1.